The quantitative estimate of drug-likeness (QED) is 0.430. The first-order chi connectivity index (χ1) is 15.5. The minimum Gasteiger partial charge on any atom is -0.467 e. The topological polar surface area (TPSA) is 67.9 Å². The van der Waals surface area contributed by atoms with Crippen molar-refractivity contribution in [3.05, 3.63) is 83.6 Å². The lowest BCUT2D eigenvalue weighted by atomic mass is 10.1. The summed E-state index contributed by atoms with van der Waals surface area (Å²) in [6.45, 7) is 3.68. The summed E-state index contributed by atoms with van der Waals surface area (Å²) in [5.74, 6) is 0.398. The van der Waals surface area contributed by atoms with Crippen LogP contribution in [0.5, 0.6) is 0 Å². The lowest BCUT2D eigenvalue weighted by Gasteiger charge is -2.27. The Bertz CT molecular complexity index is 993. The second-order valence-electron chi connectivity index (χ2n) is 7.88. The summed E-state index contributed by atoms with van der Waals surface area (Å²) in [7, 11) is 3.57. The summed E-state index contributed by atoms with van der Waals surface area (Å²) in [4.78, 5) is 29.9. The molecule has 0 aliphatic carbocycles. The average molecular weight is 438 g/mol. The number of benzene rings is 1. The Morgan fingerprint density at radius 1 is 1.03 bits per heavy atom. The highest BCUT2D eigenvalue weighted by molar-refractivity contribution is 5.96. The SMILES string of the molecule is COCCCN(CC(=O)N(Cc1ccco1)Cc1cccn1C)C(=O)c1ccc(C)cc1. The number of aromatic nitrogens is 1. The third-order valence-corrected chi connectivity index (χ3v) is 5.37. The predicted octanol–water partition coefficient (Wildman–Crippen LogP) is 3.63. The van der Waals surface area contributed by atoms with Gasteiger partial charge in [-0.2, -0.15) is 0 Å². The molecule has 1 aromatic carbocycles. The van der Waals surface area contributed by atoms with Crippen LogP contribution in [-0.4, -0.2) is 53.0 Å². The number of methoxy groups -OCH3 is 1. The fraction of sp³-hybridized carbons (Fsp3) is 0.360. The van der Waals surface area contributed by atoms with Crippen LogP contribution in [0.4, 0.5) is 0 Å². The first-order valence-corrected chi connectivity index (χ1v) is 10.7. The van der Waals surface area contributed by atoms with E-state index >= 15 is 0 Å². The smallest absolute Gasteiger partial charge is 0.254 e. The van der Waals surface area contributed by atoms with Crippen LogP contribution in [0.25, 0.3) is 0 Å². The number of rotatable bonds is 11. The van der Waals surface area contributed by atoms with Gasteiger partial charge in [0.15, 0.2) is 0 Å². The Morgan fingerprint density at radius 3 is 2.44 bits per heavy atom. The molecule has 0 N–H and O–H groups in total. The highest BCUT2D eigenvalue weighted by Crippen LogP contribution is 2.14. The largest absolute Gasteiger partial charge is 0.467 e. The fourth-order valence-electron chi connectivity index (χ4n) is 3.47. The molecule has 2 heterocycles. The zero-order valence-corrected chi connectivity index (χ0v) is 19.0. The van der Waals surface area contributed by atoms with Crippen molar-refractivity contribution in [3.63, 3.8) is 0 Å². The fourth-order valence-corrected chi connectivity index (χ4v) is 3.47. The number of carbonyl (C=O) groups excluding carboxylic acids is 2. The molecule has 0 unspecified atom stereocenters. The number of carbonyl (C=O) groups is 2. The molecule has 0 fully saturated rings. The maximum Gasteiger partial charge on any atom is 0.254 e. The Balaban J connectivity index is 1.78. The van der Waals surface area contributed by atoms with Crippen LogP contribution >= 0.6 is 0 Å². The molecule has 3 rings (SSSR count). The van der Waals surface area contributed by atoms with E-state index in [1.165, 1.54) is 0 Å². The van der Waals surface area contributed by atoms with Crippen LogP contribution in [0.2, 0.25) is 0 Å². The van der Waals surface area contributed by atoms with E-state index in [0.29, 0.717) is 44.0 Å². The van der Waals surface area contributed by atoms with Crippen LogP contribution in [0.1, 0.15) is 33.8 Å². The van der Waals surface area contributed by atoms with Crippen molar-refractivity contribution >= 4 is 11.8 Å². The molecule has 7 heteroatoms. The van der Waals surface area contributed by atoms with Crippen LogP contribution in [0.3, 0.4) is 0 Å². The number of furan rings is 1. The van der Waals surface area contributed by atoms with Crippen LogP contribution in [-0.2, 0) is 29.7 Å². The summed E-state index contributed by atoms with van der Waals surface area (Å²) in [6, 6.07) is 15.0. The van der Waals surface area contributed by atoms with E-state index in [9.17, 15) is 9.59 Å². The van der Waals surface area contributed by atoms with Gasteiger partial charge < -0.3 is 23.5 Å². The second-order valence-corrected chi connectivity index (χ2v) is 7.88. The van der Waals surface area contributed by atoms with Crippen molar-refractivity contribution < 1.29 is 18.7 Å². The van der Waals surface area contributed by atoms with Gasteiger partial charge in [-0.15, -0.1) is 0 Å². The van der Waals surface area contributed by atoms with Crippen molar-refractivity contribution in [2.45, 2.75) is 26.4 Å². The van der Waals surface area contributed by atoms with Gasteiger partial charge in [0.25, 0.3) is 5.91 Å². The molecule has 0 radical (unpaired) electrons. The molecule has 0 atom stereocenters. The van der Waals surface area contributed by atoms with E-state index in [1.807, 2.05) is 55.1 Å². The Morgan fingerprint density at radius 2 is 1.81 bits per heavy atom. The minimum absolute atomic E-state index is 0.0123. The van der Waals surface area contributed by atoms with E-state index in [-0.39, 0.29) is 18.4 Å². The highest BCUT2D eigenvalue weighted by Gasteiger charge is 2.23. The summed E-state index contributed by atoms with van der Waals surface area (Å²) in [5, 5.41) is 0. The summed E-state index contributed by atoms with van der Waals surface area (Å²) in [6.07, 6.45) is 4.19. The van der Waals surface area contributed by atoms with Crippen LogP contribution in [0.15, 0.2) is 65.4 Å². The van der Waals surface area contributed by atoms with Gasteiger partial charge in [-0.3, -0.25) is 9.59 Å². The number of hydrogen-bond acceptors (Lipinski definition) is 4. The van der Waals surface area contributed by atoms with Crippen molar-refractivity contribution in [2.75, 3.05) is 26.8 Å². The monoisotopic (exact) mass is 437 g/mol. The normalized spacial score (nSPS) is 10.8. The molecule has 0 bridgehead atoms. The summed E-state index contributed by atoms with van der Waals surface area (Å²) >= 11 is 0. The van der Waals surface area contributed by atoms with Crippen molar-refractivity contribution in [3.8, 4) is 0 Å². The molecule has 0 saturated carbocycles. The maximum absolute atomic E-state index is 13.4. The molecule has 0 aliphatic rings. The molecule has 3 aromatic rings. The van der Waals surface area contributed by atoms with E-state index in [4.69, 9.17) is 9.15 Å². The summed E-state index contributed by atoms with van der Waals surface area (Å²) in [5.41, 5.74) is 2.65. The van der Waals surface area contributed by atoms with E-state index in [0.717, 1.165) is 11.3 Å². The number of amides is 2. The first kappa shape index (κ1) is 23.3. The number of aryl methyl sites for hydroxylation is 2. The highest BCUT2D eigenvalue weighted by atomic mass is 16.5. The third kappa shape index (κ3) is 6.34. The molecule has 2 amide bonds. The molecule has 2 aromatic heterocycles. The van der Waals surface area contributed by atoms with Crippen molar-refractivity contribution in [1.82, 2.24) is 14.4 Å². The minimum atomic E-state index is -0.161. The first-order valence-electron chi connectivity index (χ1n) is 10.7. The Labute approximate surface area is 189 Å². The molecule has 0 aliphatic heterocycles. The predicted molar refractivity (Wildman–Crippen MR) is 122 cm³/mol. The lowest BCUT2D eigenvalue weighted by molar-refractivity contribution is -0.133. The van der Waals surface area contributed by atoms with Gasteiger partial charge in [-0.25, -0.2) is 0 Å². The molecule has 170 valence electrons. The standard InChI is InChI=1S/C25H31N3O4/c1-20-9-11-21(12-10-20)25(30)27(14-6-15-31-3)19-24(29)28(18-23-8-5-16-32-23)17-22-7-4-13-26(22)2/h4-5,7-13,16H,6,14-15,17-19H2,1-3H3. The van der Waals surface area contributed by atoms with Crippen LogP contribution in [0, 0.1) is 6.92 Å². The molecule has 0 spiro atoms. The lowest BCUT2D eigenvalue weighted by Crippen LogP contribution is -2.43. The van der Waals surface area contributed by atoms with Gasteiger partial charge in [0.05, 0.1) is 19.4 Å². The van der Waals surface area contributed by atoms with E-state index < -0.39 is 0 Å². The van der Waals surface area contributed by atoms with Gasteiger partial charge in [-0.1, -0.05) is 17.7 Å². The van der Waals surface area contributed by atoms with E-state index in [1.54, 1.807) is 41.4 Å². The third-order valence-electron chi connectivity index (χ3n) is 5.37. The van der Waals surface area contributed by atoms with Crippen molar-refractivity contribution in [2.24, 2.45) is 7.05 Å². The number of hydrogen-bond donors (Lipinski definition) is 0. The maximum atomic E-state index is 13.4. The zero-order chi connectivity index (χ0) is 22.9. The average Bonchev–Trinajstić information content (AvgIpc) is 3.44. The van der Waals surface area contributed by atoms with Gasteiger partial charge in [0, 0.05) is 44.8 Å². The van der Waals surface area contributed by atoms with Gasteiger partial charge in [-0.05, 0) is 49.7 Å². The second kappa shape index (κ2) is 11.3. The zero-order valence-electron chi connectivity index (χ0n) is 19.0. The molecule has 0 saturated heterocycles. The van der Waals surface area contributed by atoms with Gasteiger partial charge >= 0.3 is 0 Å². The summed E-state index contributed by atoms with van der Waals surface area (Å²) < 4.78 is 12.6. The number of ether oxygens (including phenoxy) is 1. The van der Waals surface area contributed by atoms with Crippen molar-refractivity contribution in [1.29, 1.82) is 0 Å². The Hall–Kier alpha value is -3.32. The van der Waals surface area contributed by atoms with Gasteiger partial charge in [0.1, 0.15) is 12.3 Å². The van der Waals surface area contributed by atoms with E-state index in [2.05, 4.69) is 0 Å². The molecular formula is C25H31N3O4. The van der Waals surface area contributed by atoms with Crippen LogP contribution < -0.4 is 0 Å². The number of nitrogens with zero attached hydrogens (tertiary/aromatic N) is 3. The molecular weight excluding hydrogens is 406 g/mol. The Kier molecular flexibility index (Phi) is 8.27. The molecule has 7 nitrogen and oxygen atoms in total. The van der Waals surface area contributed by atoms with Gasteiger partial charge in [0.2, 0.25) is 5.91 Å². The molecule has 32 heavy (non-hydrogen) atoms.